The van der Waals surface area contributed by atoms with Crippen LogP contribution in [0.2, 0.25) is 0 Å². The normalized spacial score (nSPS) is 15.0. The Morgan fingerprint density at radius 3 is 1.22 bits per heavy atom. The first kappa shape index (κ1) is 61.4. The summed E-state index contributed by atoms with van der Waals surface area (Å²) >= 11 is 0. The largest absolute Gasteiger partial charge is 0.480 e. The van der Waals surface area contributed by atoms with Gasteiger partial charge in [-0.1, -0.05) is 113 Å². The van der Waals surface area contributed by atoms with Crippen LogP contribution in [0.25, 0.3) is 0 Å². The van der Waals surface area contributed by atoms with Gasteiger partial charge in [0.25, 0.3) is 0 Å². The topological polar surface area (TPSA) is 322 Å². The molecule has 0 aliphatic heterocycles. The van der Waals surface area contributed by atoms with Gasteiger partial charge in [-0.25, -0.2) is 4.79 Å². The van der Waals surface area contributed by atoms with Crippen LogP contribution in [-0.4, -0.2) is 120 Å². The van der Waals surface area contributed by atoms with E-state index < -0.39 is 125 Å². The number of aliphatic carboxylic acids is 1. The maximum atomic E-state index is 14.2. The first-order valence-electron chi connectivity index (χ1n) is 24.3. The zero-order chi connectivity index (χ0) is 52.7. The molecule has 0 saturated carbocycles. The molecule has 0 saturated heterocycles. The summed E-state index contributed by atoms with van der Waals surface area (Å²) < 4.78 is 0. The Kier molecular flexibility index (Phi) is 27.4. The average Bonchev–Trinajstić information content (AvgIpc) is 3.26. The molecule has 0 aliphatic rings. The third-order valence-corrected chi connectivity index (χ3v) is 11.4. The molecule has 0 fully saturated rings. The van der Waals surface area contributed by atoms with E-state index in [0.29, 0.717) is 24.9 Å². The van der Waals surface area contributed by atoms with Crippen LogP contribution >= 0.6 is 0 Å². The van der Waals surface area contributed by atoms with E-state index in [-0.39, 0.29) is 44.1 Å². The molecule has 0 radical (unpaired) electrons. The summed E-state index contributed by atoms with van der Waals surface area (Å²) in [5.41, 5.74) is 11.9. The molecule has 0 unspecified atom stereocenters. The predicted octanol–water partition coefficient (Wildman–Crippen LogP) is 0.996. The number of amides is 8. The van der Waals surface area contributed by atoms with Crippen molar-refractivity contribution in [3.05, 3.63) is 35.9 Å². The van der Waals surface area contributed by atoms with E-state index in [4.69, 9.17) is 11.5 Å². The minimum Gasteiger partial charge on any atom is -0.480 e. The van der Waals surface area contributed by atoms with E-state index in [9.17, 15) is 48.3 Å². The van der Waals surface area contributed by atoms with Gasteiger partial charge in [-0.05, 0) is 79.7 Å². The van der Waals surface area contributed by atoms with Crippen molar-refractivity contribution in [2.75, 3.05) is 13.1 Å². The van der Waals surface area contributed by atoms with Crippen LogP contribution in [-0.2, 0) is 49.6 Å². The van der Waals surface area contributed by atoms with Crippen LogP contribution < -0.4 is 54.0 Å². The summed E-state index contributed by atoms with van der Waals surface area (Å²) in [7, 11) is 0. The maximum Gasteiger partial charge on any atom is 0.326 e. The van der Waals surface area contributed by atoms with Gasteiger partial charge in [-0.15, -0.1) is 0 Å². The van der Waals surface area contributed by atoms with Crippen molar-refractivity contribution in [1.82, 2.24) is 42.5 Å². The van der Waals surface area contributed by atoms with Gasteiger partial charge in [-0.3, -0.25) is 38.4 Å². The van der Waals surface area contributed by atoms with Crippen LogP contribution in [0.15, 0.2) is 30.3 Å². The average molecular weight is 973 g/mol. The van der Waals surface area contributed by atoms with Gasteiger partial charge in [0.05, 0.1) is 6.54 Å². The second kappa shape index (κ2) is 30.8. The number of benzene rings is 1. The molecule has 0 bridgehead atoms. The quantitative estimate of drug-likeness (QED) is 0.0465. The van der Waals surface area contributed by atoms with Crippen molar-refractivity contribution >= 4 is 53.2 Å². The van der Waals surface area contributed by atoms with E-state index in [1.54, 1.807) is 85.7 Å². The first-order valence-corrected chi connectivity index (χ1v) is 24.3. The Morgan fingerprint density at radius 1 is 0.449 bits per heavy atom. The third-order valence-electron chi connectivity index (χ3n) is 11.4. The Hall–Kier alpha value is -5.63. The fourth-order valence-corrected chi connectivity index (χ4v) is 7.40. The molecule has 1 aromatic rings. The standard InChI is InChI=1S/C49H84N10O10/c1-26(2)22-34(52-37(60)25-51)43(62)54-35(23-27(3)4)44(63)53-33(20-16-17-21-50)42(61)56-39(29(7)8)47(66)58-38(28(5)6)46(65)55-36(24-32-18-14-13-15-19-32)45(64)57-40(30(9)10)48(67)59-41(31(11)12)49(68)69/h13-15,18-19,26-31,33-36,38-41H,16-17,20-25,50-51H2,1-12H3,(H,52,60)(H,53,63)(H,54,62)(H,55,65)(H,56,61)(H,57,64)(H,58,66)(H,59,67)(H,68,69)/t33-,34-,35-,36-,38-,39-,40-,41-/m0/s1. The highest BCUT2D eigenvalue weighted by Crippen LogP contribution is 2.14. The highest BCUT2D eigenvalue weighted by atomic mass is 16.4. The monoisotopic (exact) mass is 973 g/mol. The molecular formula is C49H84N10O10. The number of carbonyl (C=O) groups excluding carboxylic acids is 8. The van der Waals surface area contributed by atoms with Crippen LogP contribution in [0.5, 0.6) is 0 Å². The lowest BCUT2D eigenvalue weighted by molar-refractivity contribution is -0.144. The van der Waals surface area contributed by atoms with E-state index in [2.05, 4.69) is 42.5 Å². The smallest absolute Gasteiger partial charge is 0.326 e. The minimum atomic E-state index is -1.25. The number of hydrogen-bond donors (Lipinski definition) is 11. The number of rotatable bonds is 31. The molecule has 20 nitrogen and oxygen atoms in total. The van der Waals surface area contributed by atoms with Gasteiger partial charge in [0.15, 0.2) is 0 Å². The summed E-state index contributed by atoms with van der Waals surface area (Å²) in [6.07, 6.45) is 1.60. The van der Waals surface area contributed by atoms with Crippen LogP contribution in [0.3, 0.4) is 0 Å². The number of nitrogens with two attached hydrogens (primary N) is 2. The number of carbonyl (C=O) groups is 9. The van der Waals surface area contributed by atoms with E-state index in [0.717, 1.165) is 0 Å². The van der Waals surface area contributed by atoms with Gasteiger partial charge < -0.3 is 59.1 Å². The molecule has 8 amide bonds. The predicted molar refractivity (Wildman–Crippen MR) is 263 cm³/mol. The summed E-state index contributed by atoms with van der Waals surface area (Å²) in [5.74, 6) is -8.55. The van der Waals surface area contributed by atoms with Crippen molar-refractivity contribution in [2.45, 2.75) is 170 Å². The summed E-state index contributed by atoms with van der Waals surface area (Å²) in [4.78, 5) is 121. The van der Waals surface area contributed by atoms with Gasteiger partial charge in [0.1, 0.15) is 48.3 Å². The fourth-order valence-electron chi connectivity index (χ4n) is 7.40. The molecule has 69 heavy (non-hydrogen) atoms. The number of carboxylic acid groups (broad SMARTS) is 1. The molecule has 390 valence electrons. The van der Waals surface area contributed by atoms with Crippen LogP contribution in [0.4, 0.5) is 0 Å². The van der Waals surface area contributed by atoms with Crippen molar-refractivity contribution in [3.63, 3.8) is 0 Å². The Morgan fingerprint density at radius 2 is 0.812 bits per heavy atom. The Labute approximate surface area is 408 Å². The lowest BCUT2D eigenvalue weighted by atomic mass is 9.97. The summed E-state index contributed by atoms with van der Waals surface area (Å²) in [5, 5.41) is 31.3. The van der Waals surface area contributed by atoms with Crippen molar-refractivity contribution in [2.24, 2.45) is 47.0 Å². The molecule has 0 aliphatic carbocycles. The molecule has 0 heterocycles. The maximum absolute atomic E-state index is 14.2. The molecule has 1 rings (SSSR count). The SMILES string of the molecule is CC(C)C[C@H](NC(=O)CN)C(=O)N[C@@H](CC(C)C)C(=O)N[C@@H](CCCCN)C(=O)N[C@H](C(=O)N[C@H](C(=O)N[C@@H](Cc1ccccc1)C(=O)N[C@H](C(=O)N[C@H](C(=O)O)C(C)C)C(C)C)C(C)C)C(C)C. The molecule has 0 aromatic heterocycles. The number of carboxylic acids is 1. The van der Waals surface area contributed by atoms with E-state index in [1.165, 1.54) is 0 Å². The van der Waals surface area contributed by atoms with Crippen LogP contribution in [0, 0.1) is 35.5 Å². The van der Waals surface area contributed by atoms with Crippen molar-refractivity contribution < 1.29 is 48.3 Å². The fraction of sp³-hybridized carbons (Fsp3) is 0.694. The summed E-state index contributed by atoms with van der Waals surface area (Å²) in [6, 6.07) is -0.411. The zero-order valence-electron chi connectivity index (χ0n) is 42.9. The second-order valence-corrected chi connectivity index (χ2v) is 20.0. The second-order valence-electron chi connectivity index (χ2n) is 20.0. The molecule has 8 atom stereocenters. The highest BCUT2D eigenvalue weighted by molar-refractivity contribution is 5.98. The lowest BCUT2D eigenvalue weighted by Gasteiger charge is -2.31. The molecule has 0 spiro atoms. The van der Waals surface area contributed by atoms with Crippen molar-refractivity contribution in [3.8, 4) is 0 Å². The van der Waals surface area contributed by atoms with Crippen LogP contribution in [0.1, 0.15) is 121 Å². The first-order chi connectivity index (χ1) is 32.2. The zero-order valence-corrected chi connectivity index (χ0v) is 42.9. The Bertz CT molecular complexity index is 1840. The van der Waals surface area contributed by atoms with Crippen molar-refractivity contribution in [1.29, 1.82) is 0 Å². The summed E-state index contributed by atoms with van der Waals surface area (Å²) in [6.45, 7) is 20.9. The van der Waals surface area contributed by atoms with Gasteiger partial charge in [-0.2, -0.15) is 0 Å². The minimum absolute atomic E-state index is 0.000374. The number of unbranched alkanes of at least 4 members (excludes halogenated alkanes) is 1. The van der Waals surface area contributed by atoms with Gasteiger partial charge in [0, 0.05) is 6.42 Å². The number of hydrogen-bond acceptors (Lipinski definition) is 11. The highest BCUT2D eigenvalue weighted by Gasteiger charge is 2.37. The van der Waals surface area contributed by atoms with Gasteiger partial charge in [0.2, 0.25) is 47.3 Å². The number of nitrogens with one attached hydrogen (secondary N) is 8. The van der Waals surface area contributed by atoms with E-state index in [1.807, 2.05) is 27.7 Å². The lowest BCUT2D eigenvalue weighted by Crippen LogP contribution is -2.62. The third kappa shape index (κ3) is 22.1. The molecule has 20 heteroatoms. The van der Waals surface area contributed by atoms with Gasteiger partial charge >= 0.3 is 5.97 Å². The molecular weight excluding hydrogens is 889 g/mol. The molecule has 1 aromatic carbocycles. The molecule has 13 N–H and O–H groups in total. The Balaban J connectivity index is 3.45. The van der Waals surface area contributed by atoms with E-state index >= 15 is 0 Å².